The average molecular weight is 285 g/mol. The third kappa shape index (κ3) is 4.45. The first-order valence-electron chi connectivity index (χ1n) is 6.56. The van der Waals surface area contributed by atoms with Crippen molar-refractivity contribution in [3.05, 3.63) is 72.6 Å². The van der Waals surface area contributed by atoms with Crippen molar-refractivity contribution in [1.82, 2.24) is 0 Å². The van der Waals surface area contributed by atoms with Crippen LogP contribution in [0.5, 0.6) is 5.75 Å². The average Bonchev–Trinajstić information content (AvgIpc) is 2.47. The fourth-order valence-electron chi connectivity index (χ4n) is 1.88. The second kappa shape index (κ2) is 7.24. The van der Waals surface area contributed by atoms with Crippen LogP contribution in [0, 0.1) is 5.82 Å². The Labute approximate surface area is 123 Å². The van der Waals surface area contributed by atoms with Gasteiger partial charge in [0.25, 0.3) is 5.91 Å². The van der Waals surface area contributed by atoms with Crippen molar-refractivity contribution in [3.63, 3.8) is 0 Å². The lowest BCUT2D eigenvalue weighted by molar-refractivity contribution is -0.118. The van der Waals surface area contributed by atoms with Gasteiger partial charge in [0, 0.05) is 5.69 Å². The Morgan fingerprint density at radius 3 is 2.81 bits per heavy atom. The van der Waals surface area contributed by atoms with Crippen LogP contribution in [0.3, 0.4) is 0 Å². The molecule has 0 heterocycles. The number of halogens is 1. The van der Waals surface area contributed by atoms with Crippen LogP contribution in [0.1, 0.15) is 5.56 Å². The van der Waals surface area contributed by atoms with E-state index in [4.69, 9.17) is 4.74 Å². The van der Waals surface area contributed by atoms with Gasteiger partial charge in [-0.25, -0.2) is 4.39 Å². The number of allylic oxidation sites excluding steroid dienone is 1. The number of hydrogen-bond donors (Lipinski definition) is 1. The van der Waals surface area contributed by atoms with Crippen molar-refractivity contribution in [2.75, 3.05) is 11.9 Å². The second-order valence-corrected chi connectivity index (χ2v) is 4.45. The molecular weight excluding hydrogens is 269 g/mol. The van der Waals surface area contributed by atoms with E-state index in [0.29, 0.717) is 17.9 Å². The van der Waals surface area contributed by atoms with Gasteiger partial charge in [-0.05, 0) is 36.2 Å². The van der Waals surface area contributed by atoms with Gasteiger partial charge in [-0.2, -0.15) is 0 Å². The Balaban J connectivity index is 1.94. The van der Waals surface area contributed by atoms with Crippen molar-refractivity contribution < 1.29 is 13.9 Å². The van der Waals surface area contributed by atoms with Gasteiger partial charge < -0.3 is 10.1 Å². The molecular formula is C17H16FNO2. The van der Waals surface area contributed by atoms with Gasteiger partial charge in [0.1, 0.15) is 11.6 Å². The summed E-state index contributed by atoms with van der Waals surface area (Å²) in [5.74, 6) is -0.0918. The Morgan fingerprint density at radius 1 is 1.24 bits per heavy atom. The van der Waals surface area contributed by atoms with Gasteiger partial charge in [-0.1, -0.05) is 30.3 Å². The van der Waals surface area contributed by atoms with Crippen LogP contribution >= 0.6 is 0 Å². The van der Waals surface area contributed by atoms with E-state index in [1.54, 1.807) is 18.2 Å². The molecule has 1 N–H and O–H groups in total. The molecule has 0 fully saturated rings. The first-order valence-corrected chi connectivity index (χ1v) is 6.56. The van der Waals surface area contributed by atoms with Gasteiger partial charge in [-0.15, -0.1) is 6.58 Å². The highest BCUT2D eigenvalue weighted by atomic mass is 19.1. The van der Waals surface area contributed by atoms with Crippen LogP contribution in [0.15, 0.2) is 61.2 Å². The molecule has 0 atom stereocenters. The van der Waals surface area contributed by atoms with Gasteiger partial charge in [0.15, 0.2) is 6.61 Å². The highest BCUT2D eigenvalue weighted by Gasteiger charge is 2.06. The van der Waals surface area contributed by atoms with Crippen molar-refractivity contribution in [1.29, 1.82) is 0 Å². The summed E-state index contributed by atoms with van der Waals surface area (Å²) in [5, 5.41) is 2.58. The van der Waals surface area contributed by atoms with Gasteiger partial charge in [-0.3, -0.25) is 4.79 Å². The topological polar surface area (TPSA) is 38.3 Å². The van der Waals surface area contributed by atoms with Crippen molar-refractivity contribution in [2.45, 2.75) is 6.42 Å². The van der Waals surface area contributed by atoms with E-state index in [2.05, 4.69) is 11.9 Å². The van der Waals surface area contributed by atoms with Gasteiger partial charge in [0.2, 0.25) is 0 Å². The second-order valence-electron chi connectivity index (χ2n) is 4.45. The minimum Gasteiger partial charge on any atom is -0.483 e. The van der Waals surface area contributed by atoms with E-state index in [-0.39, 0.29) is 12.5 Å². The van der Waals surface area contributed by atoms with Crippen LogP contribution in [0.25, 0.3) is 0 Å². The molecule has 3 nitrogen and oxygen atoms in total. The van der Waals surface area contributed by atoms with Crippen LogP contribution in [0.2, 0.25) is 0 Å². The number of hydrogen-bond acceptors (Lipinski definition) is 2. The maximum absolute atomic E-state index is 13.0. The zero-order valence-corrected chi connectivity index (χ0v) is 11.5. The molecule has 4 heteroatoms. The number of nitrogens with one attached hydrogen (secondary N) is 1. The highest BCUT2D eigenvalue weighted by Crippen LogP contribution is 2.18. The minimum atomic E-state index is -0.398. The van der Waals surface area contributed by atoms with E-state index in [0.717, 1.165) is 5.56 Å². The molecule has 0 saturated heterocycles. The standard InChI is InChI=1S/C17H16FNO2/c1-2-6-13-7-3-4-10-16(13)21-12-17(20)19-15-9-5-8-14(18)11-15/h2-5,7-11H,1,6,12H2,(H,19,20). The van der Waals surface area contributed by atoms with Crippen LogP contribution in [-0.2, 0) is 11.2 Å². The van der Waals surface area contributed by atoms with E-state index in [1.165, 1.54) is 18.2 Å². The molecule has 0 spiro atoms. The third-order valence-corrected chi connectivity index (χ3v) is 2.80. The Kier molecular flexibility index (Phi) is 5.10. The summed E-state index contributed by atoms with van der Waals surface area (Å²) in [5.41, 5.74) is 1.37. The summed E-state index contributed by atoms with van der Waals surface area (Å²) >= 11 is 0. The molecule has 21 heavy (non-hydrogen) atoms. The summed E-state index contributed by atoms with van der Waals surface area (Å²) in [7, 11) is 0. The molecule has 0 aliphatic rings. The maximum Gasteiger partial charge on any atom is 0.262 e. The summed E-state index contributed by atoms with van der Waals surface area (Å²) in [6.07, 6.45) is 2.44. The SMILES string of the molecule is C=CCc1ccccc1OCC(=O)Nc1cccc(F)c1. The van der Waals surface area contributed by atoms with Crippen LogP contribution in [0.4, 0.5) is 10.1 Å². The lowest BCUT2D eigenvalue weighted by Gasteiger charge is -2.10. The predicted octanol–water partition coefficient (Wildman–Crippen LogP) is 3.57. The van der Waals surface area contributed by atoms with E-state index in [9.17, 15) is 9.18 Å². The number of benzene rings is 2. The highest BCUT2D eigenvalue weighted by molar-refractivity contribution is 5.91. The monoisotopic (exact) mass is 285 g/mol. The molecule has 108 valence electrons. The summed E-state index contributed by atoms with van der Waals surface area (Å²) in [6, 6.07) is 13.2. The Hall–Kier alpha value is -2.62. The first kappa shape index (κ1) is 14.8. The lowest BCUT2D eigenvalue weighted by atomic mass is 10.1. The predicted molar refractivity (Wildman–Crippen MR) is 80.9 cm³/mol. The third-order valence-electron chi connectivity index (χ3n) is 2.80. The number of carbonyl (C=O) groups is 1. The molecule has 0 aliphatic heterocycles. The fourth-order valence-corrected chi connectivity index (χ4v) is 1.88. The molecule has 0 unspecified atom stereocenters. The maximum atomic E-state index is 13.0. The van der Waals surface area contributed by atoms with Gasteiger partial charge >= 0.3 is 0 Å². The molecule has 2 aromatic rings. The smallest absolute Gasteiger partial charge is 0.262 e. The molecule has 2 rings (SSSR count). The number of carbonyl (C=O) groups excluding carboxylic acids is 1. The number of amides is 1. The normalized spacial score (nSPS) is 9.95. The molecule has 0 saturated carbocycles. The van der Waals surface area contributed by atoms with Crippen LogP contribution in [-0.4, -0.2) is 12.5 Å². The summed E-state index contributed by atoms with van der Waals surface area (Å²) < 4.78 is 18.5. The Morgan fingerprint density at radius 2 is 2.05 bits per heavy atom. The number of para-hydroxylation sites is 1. The molecule has 0 aromatic heterocycles. The van der Waals surface area contributed by atoms with Gasteiger partial charge in [0.05, 0.1) is 0 Å². The number of ether oxygens (including phenoxy) is 1. The largest absolute Gasteiger partial charge is 0.483 e. The lowest BCUT2D eigenvalue weighted by Crippen LogP contribution is -2.20. The number of rotatable bonds is 6. The summed E-state index contributed by atoms with van der Waals surface area (Å²) in [6.45, 7) is 3.55. The molecule has 0 radical (unpaired) electrons. The van der Waals surface area contributed by atoms with E-state index < -0.39 is 5.82 Å². The van der Waals surface area contributed by atoms with Crippen molar-refractivity contribution in [2.24, 2.45) is 0 Å². The van der Waals surface area contributed by atoms with E-state index in [1.807, 2.05) is 18.2 Å². The molecule has 1 amide bonds. The molecule has 0 aliphatic carbocycles. The van der Waals surface area contributed by atoms with Crippen molar-refractivity contribution in [3.8, 4) is 5.75 Å². The minimum absolute atomic E-state index is 0.134. The zero-order chi connectivity index (χ0) is 15.1. The van der Waals surface area contributed by atoms with E-state index >= 15 is 0 Å². The number of anilines is 1. The molecule has 0 bridgehead atoms. The summed E-state index contributed by atoms with van der Waals surface area (Å²) in [4.78, 5) is 11.8. The van der Waals surface area contributed by atoms with Crippen LogP contribution < -0.4 is 10.1 Å². The Bertz CT molecular complexity index is 640. The quantitative estimate of drug-likeness (QED) is 0.824. The zero-order valence-electron chi connectivity index (χ0n) is 11.5. The van der Waals surface area contributed by atoms with Crippen molar-refractivity contribution >= 4 is 11.6 Å². The first-order chi connectivity index (χ1) is 10.2. The molecule has 2 aromatic carbocycles. The fraction of sp³-hybridized carbons (Fsp3) is 0.118.